The van der Waals surface area contributed by atoms with Crippen molar-refractivity contribution in [3.63, 3.8) is 0 Å². The molecule has 0 saturated carbocycles. The fourth-order valence-corrected chi connectivity index (χ4v) is 2.21. The number of hydrogen-bond acceptors (Lipinski definition) is 5. The standard InChI is InChI=1S/C14H22N6/c1-9-8-16-14(17-13(9)20(4)5)15-7-6-12-10(2)18-19-11(12)3/h8H,6-7H2,1-5H3,(H,18,19)(H,15,16,17). The van der Waals surface area contributed by atoms with Crippen LogP contribution < -0.4 is 10.2 Å². The molecule has 0 bridgehead atoms. The quantitative estimate of drug-likeness (QED) is 0.870. The van der Waals surface area contributed by atoms with Gasteiger partial charge < -0.3 is 10.2 Å². The maximum absolute atomic E-state index is 4.52. The van der Waals surface area contributed by atoms with Crippen LogP contribution in [0.2, 0.25) is 0 Å². The number of anilines is 2. The summed E-state index contributed by atoms with van der Waals surface area (Å²) in [5.41, 5.74) is 4.52. The molecule has 6 heteroatoms. The minimum atomic E-state index is 0.665. The Morgan fingerprint density at radius 1 is 1.25 bits per heavy atom. The lowest BCUT2D eigenvalue weighted by Gasteiger charge is -2.15. The summed E-state index contributed by atoms with van der Waals surface area (Å²) in [6, 6.07) is 0. The van der Waals surface area contributed by atoms with Crippen LogP contribution in [-0.2, 0) is 6.42 Å². The maximum Gasteiger partial charge on any atom is 0.224 e. The predicted octanol–water partition coefficient (Wildman–Crippen LogP) is 1.85. The van der Waals surface area contributed by atoms with Gasteiger partial charge in [-0.2, -0.15) is 10.1 Å². The maximum atomic E-state index is 4.52. The first-order chi connectivity index (χ1) is 9.49. The molecule has 2 N–H and O–H groups in total. The van der Waals surface area contributed by atoms with Crippen molar-refractivity contribution in [3.8, 4) is 0 Å². The molecule has 0 amide bonds. The van der Waals surface area contributed by atoms with Crippen molar-refractivity contribution in [1.29, 1.82) is 0 Å². The highest BCUT2D eigenvalue weighted by molar-refractivity contribution is 5.47. The molecule has 0 saturated heterocycles. The second-order valence-corrected chi connectivity index (χ2v) is 5.18. The summed E-state index contributed by atoms with van der Waals surface area (Å²) < 4.78 is 0. The number of aryl methyl sites for hydroxylation is 3. The molecule has 0 aromatic carbocycles. The average molecular weight is 274 g/mol. The summed E-state index contributed by atoms with van der Waals surface area (Å²) in [6.45, 7) is 6.86. The van der Waals surface area contributed by atoms with Crippen molar-refractivity contribution in [1.82, 2.24) is 20.2 Å². The smallest absolute Gasteiger partial charge is 0.224 e. The van der Waals surface area contributed by atoms with Gasteiger partial charge >= 0.3 is 0 Å². The Bertz CT molecular complexity index is 568. The summed E-state index contributed by atoms with van der Waals surface area (Å²) in [5, 5.41) is 10.5. The summed E-state index contributed by atoms with van der Waals surface area (Å²) in [7, 11) is 3.97. The average Bonchev–Trinajstić information content (AvgIpc) is 2.72. The zero-order valence-electron chi connectivity index (χ0n) is 12.8. The van der Waals surface area contributed by atoms with Crippen LogP contribution in [0.25, 0.3) is 0 Å². The molecule has 0 aliphatic heterocycles. The Balaban J connectivity index is 2.00. The van der Waals surface area contributed by atoms with E-state index in [1.54, 1.807) is 0 Å². The van der Waals surface area contributed by atoms with Gasteiger partial charge in [0.15, 0.2) is 0 Å². The van der Waals surface area contributed by atoms with Crippen LogP contribution in [0.15, 0.2) is 6.20 Å². The van der Waals surface area contributed by atoms with Crippen LogP contribution in [0.1, 0.15) is 22.5 Å². The summed E-state index contributed by atoms with van der Waals surface area (Å²) >= 11 is 0. The Morgan fingerprint density at radius 3 is 2.60 bits per heavy atom. The number of H-pyrrole nitrogens is 1. The third kappa shape index (κ3) is 3.07. The number of rotatable bonds is 5. The highest BCUT2D eigenvalue weighted by atomic mass is 15.2. The third-order valence-corrected chi connectivity index (χ3v) is 3.31. The molecule has 2 aromatic rings. The number of nitrogens with one attached hydrogen (secondary N) is 2. The van der Waals surface area contributed by atoms with E-state index in [0.29, 0.717) is 5.95 Å². The first kappa shape index (κ1) is 14.3. The van der Waals surface area contributed by atoms with E-state index in [4.69, 9.17) is 0 Å². The van der Waals surface area contributed by atoms with E-state index in [9.17, 15) is 0 Å². The minimum Gasteiger partial charge on any atom is -0.362 e. The van der Waals surface area contributed by atoms with E-state index < -0.39 is 0 Å². The van der Waals surface area contributed by atoms with Crippen LogP contribution in [0.3, 0.4) is 0 Å². The summed E-state index contributed by atoms with van der Waals surface area (Å²) in [6.07, 6.45) is 2.75. The normalized spacial score (nSPS) is 10.7. The van der Waals surface area contributed by atoms with Crippen LogP contribution in [0.4, 0.5) is 11.8 Å². The van der Waals surface area contributed by atoms with Gasteiger partial charge in [-0.25, -0.2) is 4.98 Å². The van der Waals surface area contributed by atoms with Gasteiger partial charge in [0.25, 0.3) is 0 Å². The van der Waals surface area contributed by atoms with Gasteiger partial charge in [-0.15, -0.1) is 0 Å². The molecule has 108 valence electrons. The van der Waals surface area contributed by atoms with E-state index in [1.807, 2.05) is 46.0 Å². The van der Waals surface area contributed by atoms with Gasteiger partial charge in [-0.3, -0.25) is 5.10 Å². The zero-order valence-corrected chi connectivity index (χ0v) is 12.8. The molecule has 0 atom stereocenters. The summed E-state index contributed by atoms with van der Waals surface area (Å²) in [5.74, 6) is 1.61. The van der Waals surface area contributed by atoms with Crippen molar-refractivity contribution in [3.05, 3.63) is 28.7 Å². The van der Waals surface area contributed by atoms with Gasteiger partial charge in [-0.1, -0.05) is 0 Å². The fraction of sp³-hybridized carbons (Fsp3) is 0.500. The van der Waals surface area contributed by atoms with Gasteiger partial charge in [-0.05, 0) is 32.8 Å². The van der Waals surface area contributed by atoms with E-state index in [-0.39, 0.29) is 0 Å². The molecule has 0 aliphatic carbocycles. The van der Waals surface area contributed by atoms with Crippen molar-refractivity contribution >= 4 is 11.8 Å². The molecular formula is C14H22N6. The molecule has 0 spiro atoms. The summed E-state index contributed by atoms with van der Waals surface area (Å²) in [4.78, 5) is 10.8. The Kier molecular flexibility index (Phi) is 4.22. The van der Waals surface area contributed by atoms with Crippen LogP contribution in [0, 0.1) is 20.8 Å². The molecule has 2 aromatic heterocycles. The highest BCUT2D eigenvalue weighted by Gasteiger charge is 2.08. The number of hydrogen-bond donors (Lipinski definition) is 2. The van der Waals surface area contributed by atoms with E-state index >= 15 is 0 Å². The van der Waals surface area contributed by atoms with E-state index in [1.165, 1.54) is 5.56 Å². The van der Waals surface area contributed by atoms with E-state index in [0.717, 1.165) is 35.7 Å². The SMILES string of the molecule is Cc1cnc(NCCc2c(C)n[nH]c2C)nc1N(C)C. The van der Waals surface area contributed by atoms with Gasteiger partial charge in [0.1, 0.15) is 5.82 Å². The second-order valence-electron chi connectivity index (χ2n) is 5.18. The Morgan fingerprint density at radius 2 is 2.00 bits per heavy atom. The van der Waals surface area contributed by atoms with Gasteiger partial charge in [0, 0.05) is 38.1 Å². The lowest BCUT2D eigenvalue weighted by atomic mass is 10.1. The second kappa shape index (κ2) is 5.90. The van der Waals surface area contributed by atoms with Gasteiger partial charge in [0.2, 0.25) is 5.95 Å². The topological polar surface area (TPSA) is 69.7 Å². The Labute approximate surface area is 119 Å². The Hall–Kier alpha value is -2.11. The molecule has 0 radical (unpaired) electrons. The van der Waals surface area contributed by atoms with Crippen molar-refractivity contribution in [2.75, 3.05) is 30.9 Å². The fourth-order valence-electron chi connectivity index (χ4n) is 2.21. The van der Waals surface area contributed by atoms with Gasteiger partial charge in [0.05, 0.1) is 5.69 Å². The van der Waals surface area contributed by atoms with Crippen molar-refractivity contribution in [2.45, 2.75) is 27.2 Å². The molecule has 6 nitrogen and oxygen atoms in total. The highest BCUT2D eigenvalue weighted by Crippen LogP contribution is 2.15. The minimum absolute atomic E-state index is 0.665. The molecular weight excluding hydrogens is 252 g/mol. The molecule has 20 heavy (non-hydrogen) atoms. The molecule has 0 unspecified atom stereocenters. The number of aromatic amines is 1. The lowest BCUT2D eigenvalue weighted by molar-refractivity contribution is 0.949. The zero-order chi connectivity index (χ0) is 14.7. The lowest BCUT2D eigenvalue weighted by Crippen LogP contribution is -2.15. The predicted molar refractivity (Wildman–Crippen MR) is 81.4 cm³/mol. The van der Waals surface area contributed by atoms with Crippen LogP contribution >= 0.6 is 0 Å². The molecule has 0 aliphatic rings. The largest absolute Gasteiger partial charge is 0.362 e. The van der Waals surface area contributed by atoms with Crippen molar-refractivity contribution < 1.29 is 0 Å². The molecule has 2 rings (SSSR count). The van der Waals surface area contributed by atoms with Crippen molar-refractivity contribution in [2.24, 2.45) is 0 Å². The van der Waals surface area contributed by atoms with E-state index in [2.05, 4.69) is 25.5 Å². The molecule has 0 fully saturated rings. The number of nitrogens with zero attached hydrogens (tertiary/aromatic N) is 4. The monoisotopic (exact) mass is 274 g/mol. The first-order valence-electron chi connectivity index (χ1n) is 6.74. The van der Waals surface area contributed by atoms with Crippen LogP contribution in [-0.4, -0.2) is 40.8 Å². The molecule has 2 heterocycles. The third-order valence-electron chi connectivity index (χ3n) is 3.31. The first-order valence-corrected chi connectivity index (χ1v) is 6.74. The number of aromatic nitrogens is 4. The van der Waals surface area contributed by atoms with Crippen LogP contribution in [0.5, 0.6) is 0 Å².